The van der Waals surface area contributed by atoms with Crippen LogP contribution in [-0.4, -0.2) is 55.8 Å². The molecule has 1 aromatic carbocycles. The van der Waals surface area contributed by atoms with Crippen molar-refractivity contribution in [2.75, 3.05) is 32.8 Å². The van der Waals surface area contributed by atoms with Gasteiger partial charge in [0.2, 0.25) is 5.91 Å². The van der Waals surface area contributed by atoms with Gasteiger partial charge in [-0.3, -0.25) is 4.79 Å². The van der Waals surface area contributed by atoms with Gasteiger partial charge in [0.1, 0.15) is 5.75 Å². The van der Waals surface area contributed by atoms with Crippen LogP contribution in [0, 0.1) is 0 Å². The van der Waals surface area contributed by atoms with Crippen molar-refractivity contribution in [2.24, 2.45) is 0 Å². The molecule has 1 amide bonds. The molecule has 7 heteroatoms. The Labute approximate surface area is 141 Å². The van der Waals surface area contributed by atoms with Gasteiger partial charge in [-0.05, 0) is 12.1 Å². The number of rotatable bonds is 4. The summed E-state index contributed by atoms with van der Waals surface area (Å²) >= 11 is 6.02. The number of nitrogens with zero attached hydrogens (tertiary/aromatic N) is 1. The van der Waals surface area contributed by atoms with Crippen LogP contribution in [0.15, 0.2) is 24.3 Å². The monoisotopic (exact) mass is 346 g/mol. The zero-order chi connectivity index (χ0) is 14.7. The van der Waals surface area contributed by atoms with Gasteiger partial charge in [-0.1, -0.05) is 23.7 Å². The van der Waals surface area contributed by atoms with Gasteiger partial charge < -0.3 is 19.7 Å². The van der Waals surface area contributed by atoms with Crippen LogP contribution in [0.2, 0.25) is 5.02 Å². The first-order valence-electron chi connectivity index (χ1n) is 7.25. The molecule has 122 valence electrons. The molecule has 3 rings (SSSR count). The zero-order valence-corrected chi connectivity index (χ0v) is 13.7. The van der Waals surface area contributed by atoms with E-state index in [1.807, 2.05) is 17.0 Å². The maximum Gasteiger partial charge on any atom is 0.226 e. The summed E-state index contributed by atoms with van der Waals surface area (Å²) in [5, 5.41) is 3.84. The van der Waals surface area contributed by atoms with Crippen molar-refractivity contribution in [1.82, 2.24) is 10.2 Å². The van der Waals surface area contributed by atoms with Crippen LogP contribution in [0.25, 0.3) is 0 Å². The Balaban J connectivity index is 0.00000176. The fourth-order valence-electron chi connectivity index (χ4n) is 2.85. The molecule has 1 N–H and O–H groups in total. The highest BCUT2D eigenvalue weighted by Crippen LogP contribution is 2.23. The number of fused-ring (bicyclic) bond motifs is 1. The summed E-state index contributed by atoms with van der Waals surface area (Å²) in [5.74, 6) is 0.735. The van der Waals surface area contributed by atoms with Crippen molar-refractivity contribution in [1.29, 1.82) is 0 Å². The molecule has 0 bridgehead atoms. The van der Waals surface area contributed by atoms with Crippen LogP contribution in [-0.2, 0) is 9.53 Å². The second-order valence-electron chi connectivity index (χ2n) is 5.25. The minimum absolute atomic E-state index is 0. The summed E-state index contributed by atoms with van der Waals surface area (Å²) in [4.78, 5) is 14.3. The lowest BCUT2D eigenvalue weighted by molar-refractivity contribution is -0.143. The summed E-state index contributed by atoms with van der Waals surface area (Å²) in [7, 11) is 0. The summed E-state index contributed by atoms with van der Waals surface area (Å²) in [6.45, 7) is 3.24. The Bertz CT molecular complexity index is 515. The Hall–Kier alpha value is -1.01. The van der Waals surface area contributed by atoms with Crippen molar-refractivity contribution in [2.45, 2.75) is 18.6 Å². The number of halogens is 2. The quantitative estimate of drug-likeness (QED) is 0.901. The second-order valence-corrected chi connectivity index (χ2v) is 5.66. The van der Waals surface area contributed by atoms with E-state index in [1.165, 1.54) is 0 Å². The Morgan fingerprint density at radius 1 is 1.41 bits per heavy atom. The highest BCUT2D eigenvalue weighted by atomic mass is 35.5. The van der Waals surface area contributed by atoms with E-state index in [-0.39, 0.29) is 30.5 Å². The molecule has 0 saturated carbocycles. The topological polar surface area (TPSA) is 50.8 Å². The maximum absolute atomic E-state index is 12.3. The number of ether oxygens (including phenoxy) is 2. The van der Waals surface area contributed by atoms with Crippen LogP contribution in [0.3, 0.4) is 0 Å². The van der Waals surface area contributed by atoms with Crippen LogP contribution < -0.4 is 10.1 Å². The van der Waals surface area contributed by atoms with E-state index in [2.05, 4.69) is 5.32 Å². The molecule has 0 radical (unpaired) electrons. The molecule has 2 fully saturated rings. The van der Waals surface area contributed by atoms with Crippen molar-refractivity contribution in [3.05, 3.63) is 29.3 Å². The van der Waals surface area contributed by atoms with Crippen molar-refractivity contribution < 1.29 is 14.3 Å². The van der Waals surface area contributed by atoms with E-state index >= 15 is 0 Å². The Kier molecular flexibility index (Phi) is 6.32. The van der Waals surface area contributed by atoms with E-state index < -0.39 is 0 Å². The first-order chi connectivity index (χ1) is 10.3. The Morgan fingerprint density at radius 3 is 3.05 bits per heavy atom. The molecular formula is C15H20Cl2N2O3. The number of hydrogen-bond donors (Lipinski definition) is 1. The molecule has 22 heavy (non-hydrogen) atoms. The number of hydrogen-bond acceptors (Lipinski definition) is 4. The number of amides is 1. The summed E-state index contributed by atoms with van der Waals surface area (Å²) in [6, 6.07) is 7.45. The van der Waals surface area contributed by atoms with Gasteiger partial charge in [0.25, 0.3) is 0 Å². The lowest BCUT2D eigenvalue weighted by Gasteiger charge is -2.37. The fourth-order valence-corrected chi connectivity index (χ4v) is 3.04. The van der Waals surface area contributed by atoms with Gasteiger partial charge in [0.15, 0.2) is 0 Å². The molecule has 0 aliphatic carbocycles. The highest BCUT2D eigenvalue weighted by Gasteiger charge is 2.38. The molecule has 2 aliphatic heterocycles. The third-order valence-electron chi connectivity index (χ3n) is 3.92. The molecule has 0 unspecified atom stereocenters. The molecule has 2 saturated heterocycles. The largest absolute Gasteiger partial charge is 0.491 e. The first kappa shape index (κ1) is 17.3. The Morgan fingerprint density at radius 2 is 2.23 bits per heavy atom. The van der Waals surface area contributed by atoms with Gasteiger partial charge in [0.05, 0.1) is 36.8 Å². The average molecular weight is 347 g/mol. The van der Waals surface area contributed by atoms with Crippen LogP contribution >= 0.6 is 24.0 Å². The van der Waals surface area contributed by atoms with Gasteiger partial charge in [-0.25, -0.2) is 0 Å². The number of carbonyl (C=O) groups is 1. The average Bonchev–Trinajstić information content (AvgIpc) is 2.97. The van der Waals surface area contributed by atoms with Crippen LogP contribution in [0.5, 0.6) is 5.75 Å². The fraction of sp³-hybridized carbons (Fsp3) is 0.533. The minimum Gasteiger partial charge on any atom is -0.491 e. The van der Waals surface area contributed by atoms with Crippen LogP contribution in [0.4, 0.5) is 0 Å². The van der Waals surface area contributed by atoms with Crippen LogP contribution in [0.1, 0.15) is 6.42 Å². The molecule has 2 atom stereocenters. The van der Waals surface area contributed by atoms with Crippen molar-refractivity contribution in [3.63, 3.8) is 0 Å². The van der Waals surface area contributed by atoms with E-state index in [4.69, 9.17) is 21.1 Å². The predicted octanol–water partition coefficient (Wildman–Crippen LogP) is 1.73. The molecule has 2 heterocycles. The minimum atomic E-state index is 0. The van der Waals surface area contributed by atoms with Gasteiger partial charge in [-0.15, -0.1) is 12.4 Å². The molecule has 2 aliphatic rings. The van der Waals surface area contributed by atoms with E-state index in [0.717, 1.165) is 13.1 Å². The molecular weight excluding hydrogens is 327 g/mol. The lowest BCUT2D eigenvalue weighted by atomic mass is 10.1. The number of benzene rings is 1. The number of para-hydroxylation sites is 1. The maximum atomic E-state index is 12.3. The highest BCUT2D eigenvalue weighted by molar-refractivity contribution is 6.32. The lowest BCUT2D eigenvalue weighted by Crippen LogP contribution is -2.53. The van der Waals surface area contributed by atoms with E-state index in [9.17, 15) is 4.79 Å². The normalized spacial score (nSPS) is 23.6. The summed E-state index contributed by atoms with van der Waals surface area (Å²) < 4.78 is 11.2. The van der Waals surface area contributed by atoms with Crippen molar-refractivity contribution in [3.8, 4) is 5.75 Å². The molecule has 5 nitrogen and oxygen atoms in total. The number of nitrogens with one attached hydrogen (secondary N) is 1. The van der Waals surface area contributed by atoms with Crippen molar-refractivity contribution >= 4 is 29.9 Å². The van der Waals surface area contributed by atoms with Gasteiger partial charge >= 0.3 is 0 Å². The number of morpholine rings is 1. The molecule has 0 aromatic heterocycles. The predicted molar refractivity (Wildman–Crippen MR) is 86.9 cm³/mol. The third kappa shape index (κ3) is 3.84. The number of carbonyl (C=O) groups excluding carboxylic acids is 1. The summed E-state index contributed by atoms with van der Waals surface area (Å²) in [6.07, 6.45) is 0.487. The van der Waals surface area contributed by atoms with Gasteiger partial charge in [-0.2, -0.15) is 0 Å². The molecule has 0 spiro atoms. The summed E-state index contributed by atoms with van der Waals surface area (Å²) in [5.41, 5.74) is 0. The smallest absolute Gasteiger partial charge is 0.226 e. The van der Waals surface area contributed by atoms with E-state index in [1.54, 1.807) is 12.1 Å². The molecule has 1 aromatic rings. The SMILES string of the molecule is Cl.O=C(CCOc1ccccc1Cl)N1CCO[C@H]2CNC[C@H]21. The zero-order valence-electron chi connectivity index (χ0n) is 12.2. The standard InChI is InChI=1S/C15H19ClN2O3.ClH/c16-11-3-1-2-4-13(11)20-7-5-15(19)18-6-8-21-14-10-17-9-12(14)18;/h1-4,12,14,17H,5-10H2;1H/t12-,14+;/m1./s1. The van der Waals surface area contributed by atoms with Gasteiger partial charge in [0, 0.05) is 19.6 Å². The third-order valence-corrected chi connectivity index (χ3v) is 4.24. The first-order valence-corrected chi connectivity index (χ1v) is 7.62. The van der Waals surface area contributed by atoms with E-state index in [0.29, 0.717) is 37.0 Å². The second kappa shape index (κ2) is 8.02.